The van der Waals surface area contributed by atoms with Gasteiger partial charge in [-0.15, -0.1) is 0 Å². The molecule has 0 aliphatic heterocycles. The second-order valence-electron chi connectivity index (χ2n) is 3.37. The van der Waals surface area contributed by atoms with E-state index in [0.717, 1.165) is 0 Å². The molecule has 1 atom stereocenters. The molecule has 16 heavy (non-hydrogen) atoms. The lowest BCUT2D eigenvalue weighted by molar-refractivity contribution is -0.141. The van der Waals surface area contributed by atoms with Gasteiger partial charge in [-0.05, 0) is 18.6 Å². The van der Waals surface area contributed by atoms with E-state index < -0.39 is 11.9 Å². The molecule has 0 radical (unpaired) electrons. The number of carboxylic acids is 1. The average molecular weight is 219 g/mol. The number of aliphatic carboxylic acids is 1. The highest BCUT2D eigenvalue weighted by molar-refractivity contribution is 5.70. The Labute approximate surface area is 93.7 Å². The van der Waals surface area contributed by atoms with Crippen molar-refractivity contribution in [2.75, 3.05) is 11.9 Å². The first-order valence-corrected chi connectivity index (χ1v) is 5.00. The lowest BCUT2D eigenvalue weighted by atomic mass is 10.1. The maximum absolute atomic E-state index is 10.7. The van der Waals surface area contributed by atoms with E-state index in [4.69, 9.17) is 10.4 Å². The van der Waals surface area contributed by atoms with Crippen LogP contribution in [0.2, 0.25) is 0 Å². The van der Waals surface area contributed by atoms with E-state index in [1.54, 1.807) is 12.1 Å². The molecule has 0 aliphatic carbocycles. The first kappa shape index (κ1) is 12.0. The SMILES string of the molecule is CCC(CNc1ccc(C#N)cn1)C(=O)O. The van der Waals surface area contributed by atoms with Gasteiger partial charge >= 0.3 is 5.97 Å². The number of hydrogen-bond donors (Lipinski definition) is 2. The molecular weight excluding hydrogens is 206 g/mol. The molecule has 0 aliphatic rings. The lowest BCUT2D eigenvalue weighted by Crippen LogP contribution is -2.22. The minimum Gasteiger partial charge on any atom is -0.481 e. The Bertz CT molecular complexity index is 395. The summed E-state index contributed by atoms with van der Waals surface area (Å²) in [7, 11) is 0. The third-order valence-electron chi connectivity index (χ3n) is 2.26. The zero-order chi connectivity index (χ0) is 12.0. The Kier molecular flexibility index (Phi) is 4.28. The van der Waals surface area contributed by atoms with Gasteiger partial charge in [0, 0.05) is 12.7 Å². The van der Waals surface area contributed by atoms with Crippen LogP contribution in [0.5, 0.6) is 0 Å². The van der Waals surface area contributed by atoms with Gasteiger partial charge in [0.2, 0.25) is 0 Å². The van der Waals surface area contributed by atoms with Crippen molar-refractivity contribution in [1.29, 1.82) is 5.26 Å². The van der Waals surface area contributed by atoms with E-state index in [1.165, 1.54) is 6.20 Å². The molecule has 1 rings (SSSR count). The van der Waals surface area contributed by atoms with Gasteiger partial charge in [0.25, 0.3) is 0 Å². The topological polar surface area (TPSA) is 86.0 Å². The van der Waals surface area contributed by atoms with E-state index >= 15 is 0 Å². The highest BCUT2D eigenvalue weighted by Gasteiger charge is 2.14. The van der Waals surface area contributed by atoms with Crippen LogP contribution in [-0.4, -0.2) is 22.6 Å². The summed E-state index contributed by atoms with van der Waals surface area (Å²) in [4.78, 5) is 14.7. The molecule has 0 aromatic carbocycles. The Balaban J connectivity index is 2.54. The molecule has 0 spiro atoms. The van der Waals surface area contributed by atoms with Crippen molar-refractivity contribution in [2.45, 2.75) is 13.3 Å². The van der Waals surface area contributed by atoms with Crippen LogP contribution in [0.4, 0.5) is 5.82 Å². The summed E-state index contributed by atoms with van der Waals surface area (Å²) in [6, 6.07) is 5.26. The molecule has 1 aromatic rings. The van der Waals surface area contributed by atoms with Gasteiger partial charge in [-0.25, -0.2) is 4.98 Å². The molecule has 1 unspecified atom stereocenters. The first-order valence-electron chi connectivity index (χ1n) is 5.00. The van der Waals surface area contributed by atoms with Gasteiger partial charge in [0.1, 0.15) is 11.9 Å². The summed E-state index contributed by atoms with van der Waals surface area (Å²) in [5.41, 5.74) is 0.482. The Morgan fingerprint density at radius 1 is 1.69 bits per heavy atom. The van der Waals surface area contributed by atoms with Gasteiger partial charge in [-0.3, -0.25) is 4.79 Å². The van der Waals surface area contributed by atoms with Gasteiger partial charge in [-0.1, -0.05) is 6.92 Å². The second kappa shape index (κ2) is 5.71. The number of carbonyl (C=O) groups is 1. The fourth-order valence-electron chi connectivity index (χ4n) is 1.20. The first-order chi connectivity index (χ1) is 7.67. The number of pyridine rings is 1. The molecule has 0 amide bonds. The molecule has 0 fully saturated rings. The van der Waals surface area contributed by atoms with Crippen LogP contribution in [0.25, 0.3) is 0 Å². The van der Waals surface area contributed by atoms with Crippen LogP contribution in [0.15, 0.2) is 18.3 Å². The lowest BCUT2D eigenvalue weighted by Gasteiger charge is -2.11. The van der Waals surface area contributed by atoms with E-state index in [1.807, 2.05) is 13.0 Å². The molecule has 5 heteroatoms. The monoisotopic (exact) mass is 219 g/mol. The molecule has 0 bridgehead atoms. The zero-order valence-corrected chi connectivity index (χ0v) is 8.97. The normalized spacial score (nSPS) is 11.5. The van der Waals surface area contributed by atoms with E-state index in [-0.39, 0.29) is 0 Å². The molecule has 84 valence electrons. The second-order valence-corrected chi connectivity index (χ2v) is 3.37. The number of carboxylic acid groups (broad SMARTS) is 1. The average Bonchev–Trinajstić information content (AvgIpc) is 2.30. The summed E-state index contributed by atoms with van der Waals surface area (Å²) in [5.74, 6) is -0.653. The van der Waals surface area contributed by atoms with Crippen molar-refractivity contribution in [1.82, 2.24) is 4.98 Å². The van der Waals surface area contributed by atoms with Gasteiger partial charge in [0.15, 0.2) is 0 Å². The molecule has 0 saturated heterocycles. The minimum atomic E-state index is -0.816. The molecule has 1 heterocycles. The van der Waals surface area contributed by atoms with Gasteiger partial charge in [-0.2, -0.15) is 5.26 Å². The number of nitriles is 1. The summed E-state index contributed by atoms with van der Waals surface area (Å²) >= 11 is 0. The van der Waals surface area contributed by atoms with Crippen molar-refractivity contribution >= 4 is 11.8 Å². The van der Waals surface area contributed by atoms with Crippen molar-refractivity contribution in [2.24, 2.45) is 5.92 Å². The van der Waals surface area contributed by atoms with Gasteiger partial charge in [0.05, 0.1) is 11.5 Å². The van der Waals surface area contributed by atoms with E-state index in [2.05, 4.69) is 10.3 Å². The zero-order valence-electron chi connectivity index (χ0n) is 8.97. The molecular formula is C11H13N3O2. The summed E-state index contributed by atoms with van der Waals surface area (Å²) in [6.07, 6.45) is 2.02. The van der Waals surface area contributed by atoms with Gasteiger partial charge < -0.3 is 10.4 Å². The van der Waals surface area contributed by atoms with Crippen LogP contribution in [0, 0.1) is 17.2 Å². The largest absolute Gasteiger partial charge is 0.481 e. The Morgan fingerprint density at radius 3 is 2.88 bits per heavy atom. The van der Waals surface area contributed by atoms with Crippen molar-refractivity contribution < 1.29 is 9.90 Å². The van der Waals surface area contributed by atoms with Crippen molar-refractivity contribution in [3.05, 3.63) is 23.9 Å². The Hall–Kier alpha value is -2.09. The van der Waals surface area contributed by atoms with Crippen molar-refractivity contribution in [3.8, 4) is 6.07 Å². The standard InChI is InChI=1S/C11H13N3O2/c1-2-9(11(15)16)7-14-10-4-3-8(5-12)6-13-10/h3-4,6,9H,2,7H2,1H3,(H,13,14)(H,15,16). The maximum Gasteiger partial charge on any atom is 0.308 e. The van der Waals surface area contributed by atoms with Crippen LogP contribution < -0.4 is 5.32 Å². The molecule has 0 saturated carbocycles. The summed E-state index contributed by atoms with van der Waals surface area (Å²) in [5, 5.41) is 20.3. The maximum atomic E-state index is 10.7. The quantitative estimate of drug-likeness (QED) is 0.783. The smallest absolute Gasteiger partial charge is 0.308 e. The fourth-order valence-corrected chi connectivity index (χ4v) is 1.20. The summed E-state index contributed by atoms with van der Waals surface area (Å²) < 4.78 is 0. The molecule has 5 nitrogen and oxygen atoms in total. The highest BCUT2D eigenvalue weighted by atomic mass is 16.4. The molecule has 2 N–H and O–H groups in total. The number of aromatic nitrogens is 1. The summed E-state index contributed by atoms with van der Waals surface area (Å²) in [6.45, 7) is 2.16. The Morgan fingerprint density at radius 2 is 2.44 bits per heavy atom. The van der Waals surface area contributed by atoms with Crippen LogP contribution in [0.1, 0.15) is 18.9 Å². The predicted octanol–water partition coefficient (Wildman–Crippen LogP) is 1.48. The predicted molar refractivity (Wildman–Crippen MR) is 58.9 cm³/mol. The number of rotatable bonds is 5. The molecule has 1 aromatic heterocycles. The number of hydrogen-bond acceptors (Lipinski definition) is 4. The third kappa shape index (κ3) is 3.24. The van der Waals surface area contributed by atoms with Crippen molar-refractivity contribution in [3.63, 3.8) is 0 Å². The fraction of sp³-hybridized carbons (Fsp3) is 0.364. The van der Waals surface area contributed by atoms with E-state index in [0.29, 0.717) is 24.3 Å². The van der Waals surface area contributed by atoms with Crippen LogP contribution in [0.3, 0.4) is 0 Å². The number of nitrogens with zero attached hydrogens (tertiary/aromatic N) is 2. The number of nitrogens with one attached hydrogen (secondary N) is 1. The third-order valence-corrected chi connectivity index (χ3v) is 2.26. The minimum absolute atomic E-state index is 0.338. The number of anilines is 1. The van der Waals surface area contributed by atoms with Crippen LogP contribution in [-0.2, 0) is 4.79 Å². The van der Waals surface area contributed by atoms with E-state index in [9.17, 15) is 4.79 Å². The highest BCUT2D eigenvalue weighted by Crippen LogP contribution is 2.07. The van der Waals surface area contributed by atoms with Crippen LogP contribution >= 0.6 is 0 Å².